The molecule has 1 aromatic carbocycles. The lowest BCUT2D eigenvalue weighted by atomic mass is 10.3. The van der Waals surface area contributed by atoms with Crippen molar-refractivity contribution in [1.82, 2.24) is 14.1 Å². The molecule has 0 saturated heterocycles. The van der Waals surface area contributed by atoms with E-state index in [0.717, 1.165) is 23.1 Å². The van der Waals surface area contributed by atoms with E-state index in [0.29, 0.717) is 21.9 Å². The van der Waals surface area contributed by atoms with Crippen molar-refractivity contribution < 1.29 is 4.79 Å². The molecule has 0 spiro atoms. The molecule has 4 rings (SSSR count). The third-order valence-corrected chi connectivity index (χ3v) is 6.26. The molecule has 0 bridgehead atoms. The standard InChI is InChI=1S/C19H18N4O3S2/c1-2-3-9-22-17(25)16-13(8-10-27-16)23(19(22)26)11-15(24)21-18-20-12-6-4-5-7-14(12)28-18/h4-8,10H,2-3,9,11H2,1H3,(H,20,21,24). The third-order valence-electron chi connectivity index (χ3n) is 4.41. The highest BCUT2D eigenvalue weighted by atomic mass is 32.1. The Morgan fingerprint density at radius 2 is 2.00 bits per heavy atom. The highest BCUT2D eigenvalue weighted by Crippen LogP contribution is 2.25. The molecule has 0 radical (unpaired) electrons. The fourth-order valence-electron chi connectivity index (χ4n) is 3.03. The zero-order valence-electron chi connectivity index (χ0n) is 15.2. The van der Waals surface area contributed by atoms with Crippen LogP contribution in [0.25, 0.3) is 20.4 Å². The van der Waals surface area contributed by atoms with E-state index in [2.05, 4.69) is 10.3 Å². The molecule has 9 heteroatoms. The van der Waals surface area contributed by atoms with Gasteiger partial charge in [0.25, 0.3) is 5.56 Å². The monoisotopic (exact) mass is 414 g/mol. The molecule has 144 valence electrons. The first kappa shape index (κ1) is 18.6. The quantitative estimate of drug-likeness (QED) is 0.525. The van der Waals surface area contributed by atoms with Gasteiger partial charge in [-0.1, -0.05) is 36.8 Å². The van der Waals surface area contributed by atoms with Crippen LogP contribution in [0.4, 0.5) is 5.13 Å². The second-order valence-electron chi connectivity index (χ2n) is 6.35. The maximum Gasteiger partial charge on any atom is 0.332 e. The summed E-state index contributed by atoms with van der Waals surface area (Å²) in [6.07, 6.45) is 1.59. The van der Waals surface area contributed by atoms with Crippen molar-refractivity contribution in [2.24, 2.45) is 0 Å². The van der Waals surface area contributed by atoms with E-state index >= 15 is 0 Å². The molecule has 7 nitrogen and oxygen atoms in total. The van der Waals surface area contributed by atoms with Crippen molar-refractivity contribution in [1.29, 1.82) is 0 Å². The van der Waals surface area contributed by atoms with Crippen LogP contribution in [-0.4, -0.2) is 20.0 Å². The average molecular weight is 415 g/mol. The van der Waals surface area contributed by atoms with Crippen molar-refractivity contribution in [3.8, 4) is 0 Å². The van der Waals surface area contributed by atoms with Crippen molar-refractivity contribution in [3.05, 3.63) is 56.5 Å². The van der Waals surface area contributed by atoms with Crippen molar-refractivity contribution in [3.63, 3.8) is 0 Å². The predicted molar refractivity (Wildman–Crippen MR) is 114 cm³/mol. The number of thiazole rings is 1. The molecule has 0 fully saturated rings. The number of amides is 1. The summed E-state index contributed by atoms with van der Waals surface area (Å²) in [4.78, 5) is 42.5. The fraction of sp³-hybridized carbons (Fsp3) is 0.263. The molecule has 0 saturated carbocycles. The van der Waals surface area contributed by atoms with E-state index in [9.17, 15) is 14.4 Å². The molecule has 4 aromatic rings. The third kappa shape index (κ3) is 3.38. The van der Waals surface area contributed by atoms with Gasteiger partial charge >= 0.3 is 5.69 Å². The number of carbonyl (C=O) groups is 1. The zero-order valence-corrected chi connectivity index (χ0v) is 16.8. The van der Waals surface area contributed by atoms with Crippen LogP contribution in [0.3, 0.4) is 0 Å². The molecule has 3 aromatic heterocycles. The molecule has 3 heterocycles. The number of benzene rings is 1. The number of fused-ring (bicyclic) bond motifs is 2. The van der Waals surface area contributed by atoms with Crippen molar-refractivity contribution in [2.75, 3.05) is 5.32 Å². The summed E-state index contributed by atoms with van der Waals surface area (Å²) in [5.41, 5.74) is 0.565. The van der Waals surface area contributed by atoms with E-state index in [4.69, 9.17) is 0 Å². The minimum absolute atomic E-state index is 0.172. The van der Waals surface area contributed by atoms with E-state index in [-0.39, 0.29) is 18.0 Å². The average Bonchev–Trinajstić information content (AvgIpc) is 3.31. The molecule has 1 amide bonds. The Morgan fingerprint density at radius 1 is 1.18 bits per heavy atom. The Labute approximate surface area is 167 Å². The lowest BCUT2D eigenvalue weighted by Gasteiger charge is -2.11. The highest BCUT2D eigenvalue weighted by Gasteiger charge is 2.17. The number of anilines is 1. The molecular weight excluding hydrogens is 396 g/mol. The number of carbonyl (C=O) groups excluding carboxylic acids is 1. The van der Waals surface area contributed by atoms with Gasteiger partial charge < -0.3 is 5.32 Å². The van der Waals surface area contributed by atoms with Crippen LogP contribution in [0.2, 0.25) is 0 Å². The highest BCUT2D eigenvalue weighted by molar-refractivity contribution is 7.22. The van der Waals surface area contributed by atoms with Gasteiger partial charge in [-0.25, -0.2) is 9.78 Å². The van der Waals surface area contributed by atoms with Crippen LogP contribution < -0.4 is 16.6 Å². The molecule has 0 atom stereocenters. The number of unbranched alkanes of at least 4 members (excludes halogenated alkanes) is 1. The number of aromatic nitrogens is 3. The minimum atomic E-state index is -0.455. The zero-order chi connectivity index (χ0) is 19.7. The van der Waals surface area contributed by atoms with Gasteiger partial charge in [0.15, 0.2) is 5.13 Å². The molecule has 0 unspecified atom stereocenters. The fourth-order valence-corrected chi connectivity index (χ4v) is 4.75. The maximum atomic E-state index is 12.9. The first-order valence-corrected chi connectivity index (χ1v) is 10.6. The summed E-state index contributed by atoms with van der Waals surface area (Å²) in [6, 6.07) is 9.33. The smallest absolute Gasteiger partial charge is 0.300 e. The van der Waals surface area contributed by atoms with Gasteiger partial charge in [-0.05, 0) is 30.0 Å². The van der Waals surface area contributed by atoms with E-state index in [1.807, 2.05) is 31.2 Å². The summed E-state index contributed by atoms with van der Waals surface area (Å²) in [5, 5.41) is 5.01. The first-order valence-electron chi connectivity index (χ1n) is 8.94. The number of nitrogens with one attached hydrogen (secondary N) is 1. The molecular formula is C19H18N4O3S2. The van der Waals surface area contributed by atoms with Gasteiger partial charge in [-0.15, -0.1) is 11.3 Å². The van der Waals surface area contributed by atoms with Crippen LogP contribution >= 0.6 is 22.7 Å². The van der Waals surface area contributed by atoms with Gasteiger partial charge in [0.1, 0.15) is 11.2 Å². The summed E-state index contributed by atoms with van der Waals surface area (Å²) in [6.45, 7) is 2.18. The number of para-hydroxylation sites is 1. The Kier molecular flexibility index (Phi) is 5.10. The van der Waals surface area contributed by atoms with Crippen molar-refractivity contribution in [2.45, 2.75) is 32.9 Å². The van der Waals surface area contributed by atoms with Crippen LogP contribution in [0.15, 0.2) is 45.3 Å². The number of rotatable bonds is 6. The maximum absolute atomic E-state index is 12.9. The number of thiophene rings is 1. The summed E-state index contributed by atoms with van der Waals surface area (Å²) < 4.78 is 4.06. The summed E-state index contributed by atoms with van der Waals surface area (Å²) in [5.74, 6) is -0.352. The van der Waals surface area contributed by atoms with Crippen molar-refractivity contribution >= 4 is 54.1 Å². The van der Waals surface area contributed by atoms with Crippen LogP contribution in [0, 0.1) is 0 Å². The van der Waals surface area contributed by atoms with Gasteiger partial charge in [0, 0.05) is 6.54 Å². The topological polar surface area (TPSA) is 86.0 Å². The van der Waals surface area contributed by atoms with Gasteiger partial charge in [0.05, 0.1) is 15.7 Å². The summed E-state index contributed by atoms with van der Waals surface area (Å²) in [7, 11) is 0. The number of hydrogen-bond acceptors (Lipinski definition) is 6. The Morgan fingerprint density at radius 3 is 2.79 bits per heavy atom. The number of hydrogen-bond donors (Lipinski definition) is 1. The largest absolute Gasteiger partial charge is 0.332 e. The van der Waals surface area contributed by atoms with Gasteiger partial charge in [-0.2, -0.15) is 0 Å². The van der Waals surface area contributed by atoms with E-state index < -0.39 is 5.69 Å². The van der Waals surface area contributed by atoms with Crippen LogP contribution in [0.5, 0.6) is 0 Å². The van der Waals surface area contributed by atoms with Gasteiger partial charge in [0.2, 0.25) is 5.91 Å². The molecule has 28 heavy (non-hydrogen) atoms. The van der Waals surface area contributed by atoms with Crippen LogP contribution in [-0.2, 0) is 17.9 Å². The second kappa shape index (κ2) is 7.69. The van der Waals surface area contributed by atoms with E-state index in [1.165, 1.54) is 31.8 Å². The second-order valence-corrected chi connectivity index (χ2v) is 8.30. The Hall–Kier alpha value is -2.78. The lowest BCUT2D eigenvalue weighted by Crippen LogP contribution is -2.41. The predicted octanol–water partition coefficient (Wildman–Crippen LogP) is 3.27. The van der Waals surface area contributed by atoms with E-state index in [1.54, 1.807) is 11.4 Å². The van der Waals surface area contributed by atoms with Gasteiger partial charge in [-0.3, -0.25) is 18.7 Å². The Balaban J connectivity index is 1.66. The summed E-state index contributed by atoms with van der Waals surface area (Å²) >= 11 is 2.66. The lowest BCUT2D eigenvalue weighted by molar-refractivity contribution is -0.116. The number of nitrogens with zero attached hydrogens (tertiary/aromatic N) is 3. The molecule has 0 aliphatic heterocycles. The normalized spacial score (nSPS) is 11.3. The van der Waals surface area contributed by atoms with Crippen LogP contribution in [0.1, 0.15) is 19.8 Å². The Bertz CT molecular complexity index is 1250. The molecule has 1 N–H and O–H groups in total. The molecule has 0 aliphatic rings. The first-order chi connectivity index (χ1) is 13.6. The minimum Gasteiger partial charge on any atom is -0.300 e. The molecule has 0 aliphatic carbocycles. The SMILES string of the molecule is CCCCn1c(=O)c2sccc2n(CC(=O)Nc2nc3ccccc3s2)c1=O.